The van der Waals surface area contributed by atoms with Crippen molar-refractivity contribution in [2.75, 3.05) is 13.1 Å². The van der Waals surface area contributed by atoms with Crippen molar-refractivity contribution in [3.8, 4) is 0 Å². The molecule has 2 aromatic heterocycles. The minimum atomic E-state index is 0. The van der Waals surface area contributed by atoms with Gasteiger partial charge in [-0.2, -0.15) is 0 Å². The lowest BCUT2D eigenvalue weighted by atomic mass is 9.85. The number of H-pyrrole nitrogens is 1. The molecule has 2 radical (unpaired) electrons. The molecule has 2 unspecified atom stereocenters. The molecular formula is C20H27BN4S3. The summed E-state index contributed by atoms with van der Waals surface area (Å²) >= 11 is 8.48. The molecule has 2 aliphatic rings. The van der Waals surface area contributed by atoms with Crippen LogP contribution in [0.3, 0.4) is 0 Å². The van der Waals surface area contributed by atoms with Gasteiger partial charge in [0.2, 0.25) is 0 Å². The quantitative estimate of drug-likeness (QED) is 0.325. The zero-order valence-electron chi connectivity index (χ0n) is 15.6. The van der Waals surface area contributed by atoms with E-state index in [2.05, 4.69) is 39.4 Å². The topological polar surface area (TPSA) is 36.9 Å². The van der Waals surface area contributed by atoms with Gasteiger partial charge in [-0.15, -0.1) is 11.3 Å². The van der Waals surface area contributed by atoms with Crippen molar-refractivity contribution < 1.29 is 0 Å². The van der Waals surface area contributed by atoms with E-state index in [9.17, 15) is 0 Å². The van der Waals surface area contributed by atoms with Crippen molar-refractivity contribution in [1.29, 1.82) is 0 Å². The highest BCUT2D eigenvalue weighted by molar-refractivity contribution is 7.97. The van der Waals surface area contributed by atoms with Crippen LogP contribution in [0.15, 0.2) is 35.5 Å². The zero-order valence-corrected chi connectivity index (χ0v) is 18.0. The van der Waals surface area contributed by atoms with Crippen molar-refractivity contribution in [2.24, 2.45) is 18.9 Å². The summed E-state index contributed by atoms with van der Waals surface area (Å²) in [6, 6.07) is 6.63. The molecule has 0 amide bonds. The Bertz CT molecular complexity index is 965. The van der Waals surface area contributed by atoms with Crippen molar-refractivity contribution in [3.63, 3.8) is 0 Å². The smallest absolute Gasteiger partial charge is 0.176 e. The van der Waals surface area contributed by atoms with E-state index >= 15 is 0 Å². The minimum absolute atomic E-state index is 0. The number of thiazole rings is 1. The Kier molecular flexibility index (Phi) is 7.07. The molecule has 0 spiro atoms. The lowest BCUT2D eigenvalue weighted by Crippen LogP contribution is -2.13. The maximum atomic E-state index is 6.06. The van der Waals surface area contributed by atoms with Crippen LogP contribution in [0.2, 0.25) is 5.82 Å². The summed E-state index contributed by atoms with van der Waals surface area (Å²) in [6.45, 7) is 4.47. The second-order valence-electron chi connectivity index (χ2n) is 7.43. The first-order valence-electron chi connectivity index (χ1n) is 9.23. The molecule has 1 aliphatic heterocycles. The highest BCUT2D eigenvalue weighted by Gasteiger charge is 2.39. The number of fused-ring (bicyclic) bond motifs is 2. The molecule has 1 saturated heterocycles. The van der Waals surface area contributed by atoms with E-state index in [1.807, 2.05) is 36.0 Å². The number of rotatable bonds is 2. The SMILES string of the molecule is C.Cn1cc[nH]c1=S.[B]C1CC2CN(Sc3ccc4nc(C)sc4c3)C[C@H]2C1. The van der Waals surface area contributed by atoms with Crippen LogP contribution in [0.5, 0.6) is 0 Å². The van der Waals surface area contributed by atoms with Gasteiger partial charge in [0.15, 0.2) is 4.77 Å². The maximum absolute atomic E-state index is 6.06. The summed E-state index contributed by atoms with van der Waals surface area (Å²) in [5.74, 6) is 2.10. The first-order valence-corrected chi connectivity index (χ1v) is 11.2. The van der Waals surface area contributed by atoms with Crippen LogP contribution in [0.4, 0.5) is 0 Å². The summed E-state index contributed by atoms with van der Waals surface area (Å²) in [5, 5.41) is 1.15. The van der Waals surface area contributed by atoms with E-state index in [-0.39, 0.29) is 7.43 Å². The van der Waals surface area contributed by atoms with Gasteiger partial charge in [-0.1, -0.05) is 26.1 Å². The van der Waals surface area contributed by atoms with E-state index in [1.165, 1.54) is 35.5 Å². The fraction of sp³-hybridized carbons (Fsp3) is 0.500. The number of nitrogens with one attached hydrogen (secondary N) is 1. The highest BCUT2D eigenvalue weighted by Crippen LogP contribution is 2.45. The maximum Gasteiger partial charge on any atom is 0.176 e. The fourth-order valence-corrected chi connectivity index (χ4v) is 6.19. The van der Waals surface area contributed by atoms with Crippen LogP contribution >= 0.6 is 35.5 Å². The number of aromatic nitrogens is 3. The first-order chi connectivity index (χ1) is 13.0. The molecule has 5 rings (SSSR count). The third kappa shape index (κ3) is 4.90. The van der Waals surface area contributed by atoms with Crippen LogP contribution in [0, 0.1) is 23.5 Å². The van der Waals surface area contributed by atoms with Crippen molar-refractivity contribution in [2.45, 2.75) is 37.9 Å². The second-order valence-corrected chi connectivity index (χ2v) is 10.2. The summed E-state index contributed by atoms with van der Waals surface area (Å²) in [7, 11) is 7.96. The van der Waals surface area contributed by atoms with Gasteiger partial charge in [0.05, 0.1) is 23.1 Å². The number of nitrogens with zero attached hydrogens (tertiary/aromatic N) is 3. The Balaban J connectivity index is 0.000000241. The number of imidazole rings is 1. The lowest BCUT2D eigenvalue weighted by Gasteiger charge is -2.16. The van der Waals surface area contributed by atoms with Gasteiger partial charge in [-0.05, 0) is 61.1 Å². The van der Waals surface area contributed by atoms with Crippen LogP contribution in [-0.4, -0.2) is 39.8 Å². The van der Waals surface area contributed by atoms with Gasteiger partial charge in [0.25, 0.3) is 0 Å². The van der Waals surface area contributed by atoms with Gasteiger partial charge < -0.3 is 9.55 Å². The Hall–Kier alpha value is -1.09. The second kappa shape index (κ2) is 9.16. The minimum Gasteiger partial charge on any atom is -0.337 e. The number of hydrogen-bond donors (Lipinski definition) is 1. The first kappa shape index (κ1) is 21.6. The molecule has 28 heavy (non-hydrogen) atoms. The molecule has 1 N–H and O–H groups in total. The summed E-state index contributed by atoms with van der Waals surface area (Å²) in [5.41, 5.74) is 1.13. The molecule has 1 aromatic carbocycles. The molecule has 4 nitrogen and oxygen atoms in total. The molecule has 1 saturated carbocycles. The average molecular weight is 430 g/mol. The van der Waals surface area contributed by atoms with E-state index in [1.54, 1.807) is 11.3 Å². The third-order valence-electron chi connectivity index (χ3n) is 5.28. The normalized spacial score (nSPS) is 23.9. The van der Waals surface area contributed by atoms with Crippen LogP contribution in [-0.2, 0) is 7.05 Å². The molecule has 0 bridgehead atoms. The van der Waals surface area contributed by atoms with Crippen LogP contribution in [0.25, 0.3) is 10.2 Å². The average Bonchev–Trinajstić information content (AvgIpc) is 3.33. The third-order valence-corrected chi connectivity index (χ3v) is 7.64. The predicted molar refractivity (Wildman–Crippen MR) is 125 cm³/mol. The van der Waals surface area contributed by atoms with E-state index in [0.29, 0.717) is 5.82 Å². The number of aromatic amines is 1. The number of hydrogen-bond acceptors (Lipinski definition) is 5. The zero-order chi connectivity index (χ0) is 19.0. The Labute approximate surface area is 182 Å². The van der Waals surface area contributed by atoms with Crippen molar-refractivity contribution in [3.05, 3.63) is 40.4 Å². The Morgan fingerprint density at radius 2 is 2.00 bits per heavy atom. The molecule has 148 valence electrons. The standard InChI is InChI=1S/C15H17BN2S2.C4H6N2S.CH4/c1-9-17-14-3-2-13(6-15(14)19-9)20-18-7-10-4-12(16)5-11(10)8-18;1-6-3-2-5-4(6)7;/h2-3,6,10-12H,4-5,7-8H2,1H3;2-3H,1H3,(H,5,7);1H4/t10-,11?,12?;;/m1../s1. The molecule has 8 heteroatoms. The van der Waals surface area contributed by atoms with Crippen molar-refractivity contribution >= 4 is 53.6 Å². The molecule has 3 aromatic rings. The molecule has 2 fully saturated rings. The molecule has 1 aliphatic carbocycles. The predicted octanol–water partition coefficient (Wildman–Crippen LogP) is 5.63. The van der Waals surface area contributed by atoms with Crippen LogP contribution in [0.1, 0.15) is 25.3 Å². The van der Waals surface area contributed by atoms with Gasteiger partial charge in [0, 0.05) is 37.4 Å². The molecule has 3 atom stereocenters. The van der Waals surface area contributed by atoms with Crippen LogP contribution < -0.4 is 0 Å². The summed E-state index contributed by atoms with van der Waals surface area (Å²) in [4.78, 5) is 8.71. The molecular weight excluding hydrogens is 403 g/mol. The fourth-order valence-electron chi connectivity index (χ4n) is 3.99. The Morgan fingerprint density at radius 3 is 2.57 bits per heavy atom. The van der Waals surface area contributed by atoms with Gasteiger partial charge in [-0.3, -0.25) is 0 Å². The van der Waals surface area contributed by atoms with E-state index in [0.717, 1.165) is 27.1 Å². The largest absolute Gasteiger partial charge is 0.337 e. The molecule has 3 heterocycles. The van der Waals surface area contributed by atoms with Crippen molar-refractivity contribution in [1.82, 2.24) is 18.8 Å². The summed E-state index contributed by atoms with van der Waals surface area (Å²) in [6.07, 6.45) is 6.12. The number of aryl methyl sites for hydroxylation is 2. The van der Waals surface area contributed by atoms with E-state index in [4.69, 9.17) is 20.1 Å². The Morgan fingerprint density at radius 1 is 1.29 bits per heavy atom. The van der Waals surface area contributed by atoms with E-state index < -0.39 is 0 Å². The lowest BCUT2D eigenvalue weighted by molar-refractivity contribution is 0.494. The number of benzene rings is 1. The highest BCUT2D eigenvalue weighted by atomic mass is 32.2. The monoisotopic (exact) mass is 430 g/mol. The van der Waals surface area contributed by atoms with Gasteiger partial charge in [0.1, 0.15) is 0 Å². The van der Waals surface area contributed by atoms with Gasteiger partial charge >= 0.3 is 0 Å². The summed E-state index contributed by atoms with van der Waals surface area (Å²) < 4.78 is 6.43. The van der Waals surface area contributed by atoms with Gasteiger partial charge in [-0.25, -0.2) is 9.29 Å².